The van der Waals surface area contributed by atoms with Crippen molar-refractivity contribution in [2.45, 2.75) is 32.5 Å². The third kappa shape index (κ3) is 6.63. The summed E-state index contributed by atoms with van der Waals surface area (Å²) in [6, 6.07) is 8.71. The van der Waals surface area contributed by atoms with Crippen LogP contribution in [0.2, 0.25) is 0 Å². The first kappa shape index (κ1) is 20.8. The van der Waals surface area contributed by atoms with Gasteiger partial charge in [-0.2, -0.15) is 13.2 Å². The summed E-state index contributed by atoms with van der Waals surface area (Å²) in [5.74, 6) is 0.149. The van der Waals surface area contributed by atoms with Crippen LogP contribution in [0.4, 0.5) is 13.2 Å². The molecule has 0 fully saturated rings. The molecule has 0 aliphatic carbocycles. The number of benzene rings is 1. The van der Waals surface area contributed by atoms with E-state index in [0.717, 1.165) is 5.56 Å². The number of hydrogen-bond acceptors (Lipinski definition) is 5. The fraction of sp³-hybridized carbons (Fsp3) is 0.529. The summed E-state index contributed by atoms with van der Waals surface area (Å²) in [5, 5.41) is 14.0. The summed E-state index contributed by atoms with van der Waals surface area (Å²) in [4.78, 5) is 13.9. The van der Waals surface area contributed by atoms with Crippen molar-refractivity contribution < 1.29 is 18.0 Å². The van der Waals surface area contributed by atoms with Crippen molar-refractivity contribution in [1.82, 2.24) is 30.4 Å². The average molecular weight is 384 g/mol. The van der Waals surface area contributed by atoms with Gasteiger partial charge in [0, 0.05) is 19.5 Å². The number of halogens is 3. The quantitative estimate of drug-likeness (QED) is 0.713. The van der Waals surface area contributed by atoms with Crippen molar-refractivity contribution in [3.8, 4) is 0 Å². The van der Waals surface area contributed by atoms with Crippen molar-refractivity contribution in [3.05, 3.63) is 41.7 Å². The Morgan fingerprint density at radius 2 is 2.00 bits per heavy atom. The van der Waals surface area contributed by atoms with E-state index in [1.165, 1.54) is 9.58 Å². The number of hydrogen-bond donors (Lipinski definition) is 1. The van der Waals surface area contributed by atoms with E-state index in [9.17, 15) is 18.0 Å². The minimum absolute atomic E-state index is 0.106. The van der Waals surface area contributed by atoms with Crippen LogP contribution < -0.4 is 5.32 Å². The van der Waals surface area contributed by atoms with E-state index >= 15 is 0 Å². The van der Waals surface area contributed by atoms with Gasteiger partial charge in [-0.3, -0.25) is 9.69 Å². The highest BCUT2D eigenvalue weighted by atomic mass is 19.4. The van der Waals surface area contributed by atoms with Gasteiger partial charge in [-0.05, 0) is 29.5 Å². The van der Waals surface area contributed by atoms with E-state index < -0.39 is 18.8 Å². The van der Waals surface area contributed by atoms with Crippen LogP contribution in [-0.4, -0.2) is 63.4 Å². The summed E-state index contributed by atoms with van der Waals surface area (Å²) < 4.78 is 39.0. The van der Waals surface area contributed by atoms with Crippen LogP contribution in [0.3, 0.4) is 0 Å². The molecule has 148 valence electrons. The number of alkyl halides is 3. The highest BCUT2D eigenvalue weighted by Crippen LogP contribution is 2.16. The Morgan fingerprint density at radius 3 is 2.56 bits per heavy atom. The molecule has 1 N–H and O–H groups in total. The standard InChI is InChI=1S/C17H23F3N6O/c1-3-25(12-17(18,19)20)10-9-21-16(27)15(26-13(2)22-23-24-26)11-14-7-5-4-6-8-14/h4-8,15H,3,9-12H2,1-2H3,(H,21,27)/t15-/m0/s1. The van der Waals surface area contributed by atoms with Gasteiger partial charge in [0.05, 0.1) is 6.54 Å². The first-order valence-corrected chi connectivity index (χ1v) is 8.65. The highest BCUT2D eigenvalue weighted by Gasteiger charge is 2.30. The average Bonchev–Trinajstić information content (AvgIpc) is 3.04. The van der Waals surface area contributed by atoms with E-state index in [1.807, 2.05) is 30.3 Å². The molecule has 10 heteroatoms. The molecule has 27 heavy (non-hydrogen) atoms. The second-order valence-corrected chi connectivity index (χ2v) is 6.15. The second-order valence-electron chi connectivity index (χ2n) is 6.15. The van der Waals surface area contributed by atoms with Crippen LogP contribution in [0.15, 0.2) is 30.3 Å². The van der Waals surface area contributed by atoms with E-state index in [4.69, 9.17) is 0 Å². The van der Waals surface area contributed by atoms with E-state index in [2.05, 4.69) is 20.8 Å². The summed E-state index contributed by atoms with van der Waals surface area (Å²) in [6.07, 6.45) is -3.89. The van der Waals surface area contributed by atoms with Crippen molar-refractivity contribution in [3.63, 3.8) is 0 Å². The molecule has 0 saturated heterocycles. The Hall–Kier alpha value is -2.49. The molecule has 0 unspecified atom stereocenters. The molecule has 0 aliphatic heterocycles. The van der Waals surface area contributed by atoms with Gasteiger partial charge in [0.15, 0.2) is 0 Å². The number of carbonyl (C=O) groups excluding carboxylic acids is 1. The molecule has 0 saturated carbocycles. The zero-order valence-corrected chi connectivity index (χ0v) is 15.3. The maximum atomic E-state index is 12.7. The molecule has 2 rings (SSSR count). The number of likely N-dealkylation sites (N-methyl/N-ethyl adjacent to an activating group) is 1. The topological polar surface area (TPSA) is 75.9 Å². The van der Waals surface area contributed by atoms with Gasteiger partial charge in [-0.15, -0.1) is 5.10 Å². The minimum Gasteiger partial charge on any atom is -0.353 e. The molecule has 2 aromatic rings. The van der Waals surface area contributed by atoms with Gasteiger partial charge in [0.2, 0.25) is 5.91 Å². The molecule has 1 aromatic heterocycles. The predicted molar refractivity (Wildman–Crippen MR) is 92.9 cm³/mol. The Labute approximate surface area is 155 Å². The lowest BCUT2D eigenvalue weighted by Gasteiger charge is -2.23. The van der Waals surface area contributed by atoms with Crippen molar-refractivity contribution in [2.75, 3.05) is 26.2 Å². The summed E-state index contributed by atoms with van der Waals surface area (Å²) >= 11 is 0. The van der Waals surface area contributed by atoms with Crippen molar-refractivity contribution in [1.29, 1.82) is 0 Å². The molecule has 0 radical (unpaired) electrons. The molecule has 1 aromatic carbocycles. The van der Waals surface area contributed by atoms with Crippen LogP contribution >= 0.6 is 0 Å². The Kier molecular flexibility index (Phi) is 7.28. The molecule has 1 heterocycles. The summed E-state index contributed by atoms with van der Waals surface area (Å²) in [5.41, 5.74) is 0.930. The first-order valence-electron chi connectivity index (χ1n) is 8.65. The molecule has 0 aliphatic rings. The minimum atomic E-state index is -4.26. The van der Waals surface area contributed by atoms with Crippen molar-refractivity contribution >= 4 is 5.91 Å². The highest BCUT2D eigenvalue weighted by molar-refractivity contribution is 5.80. The van der Waals surface area contributed by atoms with Crippen LogP contribution in [0.1, 0.15) is 24.4 Å². The lowest BCUT2D eigenvalue weighted by atomic mass is 10.1. The number of tetrazole rings is 1. The molecule has 0 spiro atoms. The fourth-order valence-electron chi connectivity index (χ4n) is 2.71. The maximum Gasteiger partial charge on any atom is 0.401 e. The van der Waals surface area contributed by atoms with E-state index in [-0.39, 0.29) is 25.5 Å². The van der Waals surface area contributed by atoms with E-state index in [0.29, 0.717) is 12.2 Å². The zero-order valence-electron chi connectivity index (χ0n) is 15.3. The summed E-state index contributed by atoms with van der Waals surface area (Å²) in [6.45, 7) is 2.79. The Bertz CT molecular complexity index is 719. The number of rotatable bonds is 9. The molecule has 1 amide bonds. The number of nitrogens with one attached hydrogen (secondary N) is 1. The van der Waals surface area contributed by atoms with Gasteiger partial charge in [0.1, 0.15) is 11.9 Å². The monoisotopic (exact) mass is 384 g/mol. The Morgan fingerprint density at radius 1 is 1.30 bits per heavy atom. The van der Waals surface area contributed by atoms with Gasteiger partial charge >= 0.3 is 6.18 Å². The van der Waals surface area contributed by atoms with Crippen molar-refractivity contribution in [2.24, 2.45) is 0 Å². The normalized spacial score (nSPS) is 13.0. The number of carbonyl (C=O) groups is 1. The van der Waals surface area contributed by atoms with Gasteiger partial charge in [0.25, 0.3) is 0 Å². The van der Waals surface area contributed by atoms with Gasteiger partial charge in [-0.25, -0.2) is 4.68 Å². The van der Waals surface area contributed by atoms with E-state index in [1.54, 1.807) is 13.8 Å². The SMILES string of the molecule is CCN(CCNC(=O)[C@H](Cc1ccccc1)n1nnnc1C)CC(F)(F)F. The van der Waals surface area contributed by atoms with Gasteiger partial charge in [-0.1, -0.05) is 37.3 Å². The molecular formula is C17H23F3N6O. The number of amides is 1. The van der Waals surface area contributed by atoms with Crippen LogP contribution in [0.5, 0.6) is 0 Å². The fourth-order valence-corrected chi connectivity index (χ4v) is 2.71. The number of aromatic nitrogens is 4. The molecule has 7 nitrogen and oxygen atoms in total. The first-order chi connectivity index (χ1) is 12.8. The molecule has 0 bridgehead atoms. The van der Waals surface area contributed by atoms with Gasteiger partial charge < -0.3 is 5.32 Å². The number of nitrogens with zero attached hydrogens (tertiary/aromatic N) is 5. The third-order valence-corrected chi connectivity index (χ3v) is 4.10. The van der Waals surface area contributed by atoms with Crippen LogP contribution in [0, 0.1) is 6.92 Å². The second kappa shape index (κ2) is 9.45. The zero-order chi connectivity index (χ0) is 19.9. The lowest BCUT2D eigenvalue weighted by Crippen LogP contribution is -2.42. The maximum absolute atomic E-state index is 12.7. The predicted octanol–water partition coefficient (Wildman–Crippen LogP) is 1.77. The number of aryl methyl sites for hydroxylation is 1. The third-order valence-electron chi connectivity index (χ3n) is 4.10. The van der Waals surface area contributed by atoms with Crippen LogP contribution in [0.25, 0.3) is 0 Å². The lowest BCUT2D eigenvalue weighted by molar-refractivity contribution is -0.145. The Balaban J connectivity index is 2.01. The molecular weight excluding hydrogens is 361 g/mol. The molecule has 1 atom stereocenters. The largest absolute Gasteiger partial charge is 0.401 e. The van der Waals surface area contributed by atoms with Crippen LogP contribution in [-0.2, 0) is 11.2 Å². The summed E-state index contributed by atoms with van der Waals surface area (Å²) in [7, 11) is 0. The smallest absolute Gasteiger partial charge is 0.353 e.